The van der Waals surface area contributed by atoms with E-state index >= 15 is 0 Å². The molecule has 1 unspecified atom stereocenters. The minimum atomic E-state index is 0.0208. The monoisotopic (exact) mass is 340 g/mol. The molecule has 0 bridgehead atoms. The van der Waals surface area contributed by atoms with E-state index in [4.69, 9.17) is 4.74 Å². The second kappa shape index (κ2) is 9.15. The lowest BCUT2D eigenvalue weighted by Gasteiger charge is -2.35. The average molecular weight is 340 g/mol. The lowest BCUT2D eigenvalue weighted by Crippen LogP contribution is -2.49. The van der Waals surface area contributed by atoms with Gasteiger partial charge < -0.3 is 15.4 Å². The Balaban J connectivity index is 1.44. The van der Waals surface area contributed by atoms with Gasteiger partial charge >= 0.3 is 0 Å². The summed E-state index contributed by atoms with van der Waals surface area (Å²) in [4.78, 5) is 18.6. The number of carbonyl (C=O) groups is 1. The first kappa shape index (κ1) is 17.4. The van der Waals surface area contributed by atoms with Crippen LogP contribution in [-0.2, 0) is 4.79 Å². The zero-order valence-corrected chi connectivity index (χ0v) is 14.2. The Morgan fingerprint density at radius 2 is 2.16 bits per heavy atom. The van der Waals surface area contributed by atoms with Gasteiger partial charge in [0.15, 0.2) is 0 Å². The van der Waals surface area contributed by atoms with E-state index in [9.17, 15) is 4.79 Å². The van der Waals surface area contributed by atoms with Crippen molar-refractivity contribution in [1.82, 2.24) is 20.5 Å². The molecule has 2 heterocycles. The molecule has 1 fully saturated rings. The number of aromatic nitrogens is 1. The summed E-state index contributed by atoms with van der Waals surface area (Å²) in [5, 5.41) is 6.32. The van der Waals surface area contributed by atoms with Gasteiger partial charge in [0.25, 0.3) is 0 Å². The van der Waals surface area contributed by atoms with Crippen molar-refractivity contribution < 1.29 is 9.53 Å². The minimum Gasteiger partial charge on any atom is -0.492 e. The molecule has 3 rings (SSSR count). The molecular formula is C19H24N4O2. The van der Waals surface area contributed by atoms with E-state index < -0.39 is 0 Å². The Morgan fingerprint density at radius 1 is 1.28 bits per heavy atom. The van der Waals surface area contributed by atoms with E-state index in [0.29, 0.717) is 19.7 Å². The summed E-state index contributed by atoms with van der Waals surface area (Å²) in [6.45, 7) is 3.90. The Kier molecular flexibility index (Phi) is 6.36. The van der Waals surface area contributed by atoms with Crippen molar-refractivity contribution in [3.63, 3.8) is 0 Å². The first-order valence-corrected chi connectivity index (χ1v) is 8.62. The minimum absolute atomic E-state index is 0.0208. The average Bonchev–Trinajstić information content (AvgIpc) is 2.67. The predicted octanol–water partition coefficient (Wildman–Crippen LogP) is 1.22. The fourth-order valence-corrected chi connectivity index (χ4v) is 2.95. The van der Waals surface area contributed by atoms with Gasteiger partial charge in [0, 0.05) is 38.1 Å². The topological polar surface area (TPSA) is 66.5 Å². The van der Waals surface area contributed by atoms with E-state index in [2.05, 4.69) is 26.6 Å². The summed E-state index contributed by atoms with van der Waals surface area (Å²) in [7, 11) is 0. The molecule has 132 valence electrons. The van der Waals surface area contributed by atoms with E-state index in [-0.39, 0.29) is 11.9 Å². The van der Waals surface area contributed by atoms with Crippen LogP contribution in [0.5, 0.6) is 5.75 Å². The van der Waals surface area contributed by atoms with E-state index in [1.54, 1.807) is 6.20 Å². The van der Waals surface area contributed by atoms with E-state index in [1.807, 2.05) is 42.6 Å². The number of para-hydroxylation sites is 1. The molecule has 1 atom stereocenters. The van der Waals surface area contributed by atoms with Gasteiger partial charge in [0.1, 0.15) is 12.4 Å². The molecule has 1 aromatic carbocycles. The first-order chi connectivity index (χ1) is 12.3. The van der Waals surface area contributed by atoms with Crippen molar-refractivity contribution in [3.8, 4) is 5.75 Å². The van der Waals surface area contributed by atoms with Gasteiger partial charge in [-0.3, -0.25) is 14.7 Å². The number of ether oxygens (including phenoxy) is 1. The van der Waals surface area contributed by atoms with Crippen LogP contribution in [0, 0.1) is 0 Å². The number of pyridine rings is 1. The van der Waals surface area contributed by atoms with Gasteiger partial charge in [0.05, 0.1) is 13.1 Å². The fraction of sp³-hybridized carbons (Fsp3) is 0.368. The molecular weight excluding hydrogens is 316 g/mol. The normalized spacial score (nSPS) is 17.8. The quantitative estimate of drug-likeness (QED) is 0.742. The Hall–Kier alpha value is -2.44. The molecule has 6 nitrogen and oxygen atoms in total. The van der Waals surface area contributed by atoms with Crippen molar-refractivity contribution in [2.75, 3.05) is 39.3 Å². The predicted molar refractivity (Wildman–Crippen MR) is 96.4 cm³/mol. The van der Waals surface area contributed by atoms with Gasteiger partial charge in [-0.2, -0.15) is 0 Å². The van der Waals surface area contributed by atoms with Crippen molar-refractivity contribution in [2.24, 2.45) is 0 Å². The van der Waals surface area contributed by atoms with Crippen LogP contribution in [0.2, 0.25) is 0 Å². The molecule has 0 aliphatic carbocycles. The molecule has 1 amide bonds. The third-order valence-corrected chi connectivity index (χ3v) is 4.21. The van der Waals surface area contributed by atoms with E-state index in [1.165, 1.54) is 0 Å². The van der Waals surface area contributed by atoms with Crippen molar-refractivity contribution in [3.05, 3.63) is 60.4 Å². The number of piperazine rings is 1. The van der Waals surface area contributed by atoms with Crippen LogP contribution < -0.4 is 15.4 Å². The molecule has 6 heteroatoms. The number of rotatable bonds is 7. The van der Waals surface area contributed by atoms with Crippen LogP contribution in [-0.4, -0.2) is 55.1 Å². The van der Waals surface area contributed by atoms with Gasteiger partial charge in [0.2, 0.25) is 5.91 Å². The number of benzene rings is 1. The standard InChI is InChI=1S/C19H24N4O2/c24-19(22-10-12-25-17-6-2-1-3-7-17)15-23-11-9-21-14-18(23)16-5-4-8-20-13-16/h1-8,13,18,21H,9-12,14-15H2,(H,22,24). The summed E-state index contributed by atoms with van der Waals surface area (Å²) in [5.41, 5.74) is 1.13. The molecule has 0 radical (unpaired) electrons. The highest BCUT2D eigenvalue weighted by Gasteiger charge is 2.25. The van der Waals surface area contributed by atoms with Crippen molar-refractivity contribution in [2.45, 2.75) is 6.04 Å². The van der Waals surface area contributed by atoms with Crippen LogP contribution in [0.3, 0.4) is 0 Å². The third kappa shape index (κ3) is 5.27. The van der Waals surface area contributed by atoms with Crippen molar-refractivity contribution >= 4 is 5.91 Å². The van der Waals surface area contributed by atoms with Crippen molar-refractivity contribution in [1.29, 1.82) is 0 Å². The molecule has 2 N–H and O–H groups in total. The first-order valence-electron chi connectivity index (χ1n) is 8.62. The lowest BCUT2D eigenvalue weighted by atomic mass is 10.1. The van der Waals surface area contributed by atoms with Crippen LogP contribution in [0.25, 0.3) is 0 Å². The number of nitrogens with zero attached hydrogens (tertiary/aromatic N) is 2. The number of hydrogen-bond acceptors (Lipinski definition) is 5. The Morgan fingerprint density at radius 3 is 2.96 bits per heavy atom. The number of amides is 1. The molecule has 1 aliphatic rings. The molecule has 0 spiro atoms. The smallest absolute Gasteiger partial charge is 0.234 e. The summed E-state index contributed by atoms with van der Waals surface area (Å²) < 4.78 is 5.59. The zero-order chi connectivity index (χ0) is 17.3. The second-order valence-corrected chi connectivity index (χ2v) is 5.99. The molecule has 1 aliphatic heterocycles. The molecule has 25 heavy (non-hydrogen) atoms. The highest BCUT2D eigenvalue weighted by molar-refractivity contribution is 5.78. The Bertz CT molecular complexity index is 651. The van der Waals surface area contributed by atoms with Crippen LogP contribution in [0.4, 0.5) is 0 Å². The number of nitrogens with one attached hydrogen (secondary N) is 2. The van der Waals surface area contributed by atoms with Gasteiger partial charge in [-0.1, -0.05) is 24.3 Å². The summed E-state index contributed by atoms with van der Waals surface area (Å²) >= 11 is 0. The molecule has 2 aromatic rings. The maximum absolute atomic E-state index is 12.3. The Labute approximate surface area is 148 Å². The summed E-state index contributed by atoms with van der Waals surface area (Å²) in [6.07, 6.45) is 3.64. The van der Waals surface area contributed by atoms with Crippen LogP contribution in [0.15, 0.2) is 54.9 Å². The number of carbonyl (C=O) groups excluding carboxylic acids is 1. The highest BCUT2D eigenvalue weighted by Crippen LogP contribution is 2.20. The van der Waals surface area contributed by atoms with Gasteiger partial charge in [-0.05, 0) is 23.8 Å². The number of hydrogen-bond donors (Lipinski definition) is 2. The molecule has 1 aromatic heterocycles. The molecule has 0 saturated carbocycles. The second-order valence-electron chi connectivity index (χ2n) is 5.99. The van der Waals surface area contributed by atoms with E-state index in [0.717, 1.165) is 30.9 Å². The SMILES string of the molecule is O=C(CN1CCNCC1c1cccnc1)NCCOc1ccccc1. The van der Waals surface area contributed by atoms with Crippen LogP contribution >= 0.6 is 0 Å². The summed E-state index contributed by atoms with van der Waals surface area (Å²) in [6, 6.07) is 13.8. The molecule has 1 saturated heterocycles. The zero-order valence-electron chi connectivity index (χ0n) is 14.2. The summed E-state index contributed by atoms with van der Waals surface area (Å²) in [5.74, 6) is 0.836. The maximum atomic E-state index is 12.3. The van der Waals surface area contributed by atoms with Gasteiger partial charge in [-0.15, -0.1) is 0 Å². The lowest BCUT2D eigenvalue weighted by molar-refractivity contribution is -0.123. The third-order valence-electron chi connectivity index (χ3n) is 4.21. The highest BCUT2D eigenvalue weighted by atomic mass is 16.5. The van der Waals surface area contributed by atoms with Gasteiger partial charge in [-0.25, -0.2) is 0 Å². The maximum Gasteiger partial charge on any atom is 0.234 e. The largest absolute Gasteiger partial charge is 0.492 e. The fourth-order valence-electron chi connectivity index (χ4n) is 2.95. The van der Waals surface area contributed by atoms with Crippen LogP contribution in [0.1, 0.15) is 11.6 Å².